The van der Waals surface area contributed by atoms with Gasteiger partial charge in [0.05, 0.1) is 24.4 Å². The van der Waals surface area contributed by atoms with Crippen molar-refractivity contribution in [2.45, 2.75) is 63.9 Å². The molecule has 6 nitrogen and oxygen atoms in total. The number of benzene rings is 1. The average Bonchev–Trinajstić information content (AvgIpc) is 2.67. The summed E-state index contributed by atoms with van der Waals surface area (Å²) < 4.78 is 17.6. The van der Waals surface area contributed by atoms with Crippen molar-refractivity contribution in [1.29, 1.82) is 0 Å². The van der Waals surface area contributed by atoms with Gasteiger partial charge in [-0.2, -0.15) is 0 Å². The second-order valence-electron chi connectivity index (χ2n) is 8.66. The summed E-state index contributed by atoms with van der Waals surface area (Å²) >= 11 is 0. The van der Waals surface area contributed by atoms with Crippen LogP contribution < -0.4 is 9.47 Å². The number of aliphatic hydroxyl groups is 2. The van der Waals surface area contributed by atoms with E-state index in [2.05, 4.69) is 17.5 Å². The van der Waals surface area contributed by atoms with Crippen LogP contribution in [0.25, 0.3) is 0 Å². The maximum absolute atomic E-state index is 10.7. The third-order valence-corrected chi connectivity index (χ3v) is 5.98. The third-order valence-electron chi connectivity index (χ3n) is 5.98. The average molecular weight is 406 g/mol. The zero-order chi connectivity index (χ0) is 21.1. The minimum atomic E-state index is -1.08. The van der Waals surface area contributed by atoms with Gasteiger partial charge in [-0.05, 0) is 56.9 Å². The van der Waals surface area contributed by atoms with Gasteiger partial charge in [-0.15, -0.1) is 0 Å². The highest BCUT2D eigenvalue weighted by Gasteiger charge is 2.52. The second-order valence-corrected chi connectivity index (χ2v) is 8.66. The lowest BCUT2D eigenvalue weighted by molar-refractivity contribution is -0.246. The minimum absolute atomic E-state index is 0.472. The summed E-state index contributed by atoms with van der Waals surface area (Å²) in [5.41, 5.74) is 0.413. The van der Waals surface area contributed by atoms with Crippen LogP contribution in [0.4, 0.5) is 0 Å². The topological polar surface area (TPSA) is 71.4 Å². The van der Waals surface area contributed by atoms with Gasteiger partial charge in [-0.3, -0.25) is 4.90 Å². The highest BCUT2D eigenvalue weighted by molar-refractivity contribution is 5.43. The van der Waals surface area contributed by atoms with Gasteiger partial charge in [-0.25, -0.2) is 0 Å². The molecule has 1 spiro atoms. The molecule has 2 fully saturated rings. The van der Waals surface area contributed by atoms with E-state index in [-0.39, 0.29) is 0 Å². The van der Waals surface area contributed by atoms with Gasteiger partial charge in [0.25, 0.3) is 0 Å². The van der Waals surface area contributed by atoms with E-state index in [0.29, 0.717) is 39.1 Å². The molecule has 2 N–H and O–H groups in total. The van der Waals surface area contributed by atoms with Gasteiger partial charge >= 0.3 is 0 Å². The molecule has 2 atom stereocenters. The molecule has 2 heterocycles. The Balaban J connectivity index is 1.62. The molecule has 0 amide bonds. The molecule has 2 aliphatic heterocycles. The summed E-state index contributed by atoms with van der Waals surface area (Å²) in [7, 11) is 0. The zero-order valence-corrected chi connectivity index (χ0v) is 17.9. The lowest BCUT2D eigenvalue weighted by Gasteiger charge is -2.51. The minimum Gasteiger partial charge on any atom is -0.490 e. The standard InChI is InChI=1S/C23H35NO5/c1-5-27-20-14-18(6-7-19(20)28-16-17(2)3)15-24-11-8-23(9-12-24)21(25)22(4,26)10-13-29-23/h6-7,14,21,25-26H,2,5,8-13,15-16H2,1,3-4H3/t21-,22+/m0/s1. The fraction of sp³-hybridized carbons (Fsp3) is 0.652. The normalized spacial score (nSPS) is 27.0. The van der Waals surface area contributed by atoms with Crippen LogP contribution in [0.1, 0.15) is 45.6 Å². The Morgan fingerprint density at radius 1 is 1.24 bits per heavy atom. The van der Waals surface area contributed by atoms with E-state index in [1.165, 1.54) is 0 Å². The van der Waals surface area contributed by atoms with Gasteiger partial charge in [0.2, 0.25) is 0 Å². The van der Waals surface area contributed by atoms with Gasteiger partial charge in [0.1, 0.15) is 12.7 Å². The summed E-state index contributed by atoms with van der Waals surface area (Å²) in [4.78, 5) is 2.35. The lowest BCUT2D eigenvalue weighted by Crippen LogP contribution is -2.64. The molecule has 0 saturated carbocycles. The van der Waals surface area contributed by atoms with Crippen LogP contribution in [-0.4, -0.2) is 65.3 Å². The first kappa shape index (κ1) is 22.1. The summed E-state index contributed by atoms with van der Waals surface area (Å²) in [6.07, 6.45) is 1.05. The highest BCUT2D eigenvalue weighted by Crippen LogP contribution is 2.40. The maximum Gasteiger partial charge on any atom is 0.161 e. The zero-order valence-electron chi connectivity index (χ0n) is 17.9. The van der Waals surface area contributed by atoms with Gasteiger partial charge in [0, 0.05) is 26.1 Å². The third kappa shape index (κ3) is 5.12. The molecule has 162 valence electrons. The quantitative estimate of drug-likeness (QED) is 0.680. The molecule has 1 aromatic rings. The van der Waals surface area contributed by atoms with Crippen LogP contribution in [0.2, 0.25) is 0 Å². The highest BCUT2D eigenvalue weighted by atomic mass is 16.5. The van der Waals surface area contributed by atoms with E-state index in [4.69, 9.17) is 14.2 Å². The number of hydrogen-bond acceptors (Lipinski definition) is 6. The van der Waals surface area contributed by atoms with Crippen molar-refractivity contribution in [3.63, 3.8) is 0 Å². The molecular weight excluding hydrogens is 370 g/mol. The van der Waals surface area contributed by atoms with E-state index in [0.717, 1.165) is 42.3 Å². The predicted molar refractivity (Wildman–Crippen MR) is 112 cm³/mol. The Morgan fingerprint density at radius 3 is 2.62 bits per heavy atom. The molecule has 29 heavy (non-hydrogen) atoms. The monoisotopic (exact) mass is 405 g/mol. The van der Waals surface area contributed by atoms with Gasteiger partial charge < -0.3 is 24.4 Å². The van der Waals surface area contributed by atoms with Crippen molar-refractivity contribution in [2.24, 2.45) is 0 Å². The van der Waals surface area contributed by atoms with E-state index in [1.807, 2.05) is 26.0 Å². The number of likely N-dealkylation sites (tertiary alicyclic amines) is 1. The van der Waals surface area contributed by atoms with Crippen LogP contribution in [0.5, 0.6) is 11.5 Å². The number of ether oxygens (including phenoxy) is 3. The first-order valence-electron chi connectivity index (χ1n) is 10.6. The smallest absolute Gasteiger partial charge is 0.161 e. The molecule has 0 radical (unpaired) electrons. The second kappa shape index (κ2) is 9.04. The SMILES string of the molecule is C=C(C)COc1ccc(CN2CCC3(CC2)OCC[C@@](C)(O)[C@@H]3O)cc1OCC. The Morgan fingerprint density at radius 2 is 1.97 bits per heavy atom. The molecule has 1 aromatic carbocycles. The molecular formula is C23H35NO5. The van der Waals surface area contributed by atoms with Crippen LogP contribution in [0, 0.1) is 0 Å². The van der Waals surface area contributed by atoms with Crippen LogP contribution in [-0.2, 0) is 11.3 Å². The number of rotatable bonds is 7. The van der Waals surface area contributed by atoms with Crippen molar-refractivity contribution in [3.05, 3.63) is 35.9 Å². The van der Waals surface area contributed by atoms with Gasteiger partial charge in [-0.1, -0.05) is 12.6 Å². The lowest BCUT2D eigenvalue weighted by atomic mass is 9.75. The Labute approximate surface area is 174 Å². The van der Waals surface area contributed by atoms with E-state index in [9.17, 15) is 10.2 Å². The fourth-order valence-corrected chi connectivity index (χ4v) is 4.25. The van der Waals surface area contributed by atoms with Crippen LogP contribution in [0.15, 0.2) is 30.4 Å². The van der Waals surface area contributed by atoms with Gasteiger partial charge in [0.15, 0.2) is 11.5 Å². The molecule has 0 aliphatic carbocycles. The van der Waals surface area contributed by atoms with E-state index >= 15 is 0 Å². The number of hydrogen-bond donors (Lipinski definition) is 2. The Hall–Kier alpha value is -1.60. The first-order valence-corrected chi connectivity index (χ1v) is 10.6. The molecule has 6 heteroatoms. The Kier molecular flexibility index (Phi) is 6.89. The summed E-state index contributed by atoms with van der Waals surface area (Å²) in [6.45, 7) is 13.4. The summed E-state index contributed by atoms with van der Waals surface area (Å²) in [5.74, 6) is 1.49. The van der Waals surface area contributed by atoms with Crippen LogP contribution >= 0.6 is 0 Å². The Bertz CT molecular complexity index is 709. The summed E-state index contributed by atoms with van der Waals surface area (Å²) in [6, 6.07) is 6.07. The largest absolute Gasteiger partial charge is 0.490 e. The molecule has 0 unspecified atom stereocenters. The fourth-order valence-electron chi connectivity index (χ4n) is 4.25. The molecule has 3 rings (SSSR count). The maximum atomic E-state index is 10.7. The van der Waals surface area contributed by atoms with Crippen molar-refractivity contribution in [3.8, 4) is 11.5 Å². The van der Waals surface area contributed by atoms with Crippen molar-refractivity contribution in [2.75, 3.05) is 32.9 Å². The van der Waals surface area contributed by atoms with E-state index < -0.39 is 17.3 Å². The number of aliphatic hydroxyl groups excluding tert-OH is 1. The van der Waals surface area contributed by atoms with Crippen molar-refractivity contribution in [1.82, 2.24) is 4.90 Å². The molecule has 2 aliphatic rings. The molecule has 0 aromatic heterocycles. The number of piperidine rings is 1. The van der Waals surface area contributed by atoms with Crippen molar-refractivity contribution < 1.29 is 24.4 Å². The summed E-state index contributed by atoms with van der Waals surface area (Å²) in [5, 5.41) is 21.1. The first-order chi connectivity index (χ1) is 13.8. The molecule has 0 bridgehead atoms. The van der Waals surface area contributed by atoms with Crippen LogP contribution in [0.3, 0.4) is 0 Å². The van der Waals surface area contributed by atoms with Crippen molar-refractivity contribution >= 4 is 0 Å². The molecule has 2 saturated heterocycles. The number of nitrogens with zero attached hydrogens (tertiary/aromatic N) is 1. The predicted octanol–water partition coefficient (Wildman–Crippen LogP) is 2.91. The van der Waals surface area contributed by atoms with E-state index in [1.54, 1.807) is 6.92 Å².